The Bertz CT molecular complexity index is 971. The average Bonchev–Trinajstić information content (AvgIpc) is 3.49. The molecule has 1 aromatic heterocycles. The number of carbonyl (C=O) groups excluding carboxylic acids is 1. The fourth-order valence-electron chi connectivity index (χ4n) is 3.48. The third-order valence-electron chi connectivity index (χ3n) is 5.20. The number of thioether (sulfide) groups is 1. The van der Waals surface area contributed by atoms with Crippen LogP contribution < -0.4 is 5.32 Å². The van der Waals surface area contributed by atoms with Crippen molar-refractivity contribution in [3.05, 3.63) is 30.3 Å². The number of nitrogens with one attached hydrogen (secondary N) is 1. The molecule has 31 heavy (non-hydrogen) atoms. The zero-order chi connectivity index (χ0) is 21.7. The van der Waals surface area contributed by atoms with Crippen LogP contribution in [0.2, 0.25) is 0 Å². The molecule has 12 heteroatoms. The van der Waals surface area contributed by atoms with E-state index in [-0.39, 0.29) is 22.7 Å². The molecule has 0 bridgehead atoms. The van der Waals surface area contributed by atoms with Crippen LogP contribution >= 0.6 is 23.1 Å². The first kappa shape index (κ1) is 22.5. The summed E-state index contributed by atoms with van der Waals surface area (Å²) in [5.41, 5.74) is 0. The Balaban J connectivity index is 1.21. The van der Waals surface area contributed by atoms with E-state index in [0.29, 0.717) is 32.7 Å². The number of rotatable bonds is 8. The Kier molecular flexibility index (Phi) is 7.43. The first-order chi connectivity index (χ1) is 15.0. The maximum Gasteiger partial charge on any atom is 0.243 e. The normalized spacial score (nSPS) is 20.1. The van der Waals surface area contributed by atoms with Gasteiger partial charge in [0.2, 0.25) is 21.1 Å². The highest BCUT2D eigenvalue weighted by molar-refractivity contribution is 8.01. The molecule has 2 aromatic rings. The van der Waals surface area contributed by atoms with Gasteiger partial charge in [-0.2, -0.15) is 4.31 Å². The Morgan fingerprint density at radius 2 is 1.97 bits per heavy atom. The molecule has 3 heterocycles. The van der Waals surface area contributed by atoms with Crippen molar-refractivity contribution >= 4 is 44.2 Å². The lowest BCUT2D eigenvalue weighted by atomic mass is 10.2. The predicted octanol–water partition coefficient (Wildman–Crippen LogP) is 1.75. The van der Waals surface area contributed by atoms with E-state index in [2.05, 4.69) is 15.5 Å². The van der Waals surface area contributed by atoms with Crippen LogP contribution in [0.4, 0.5) is 5.13 Å². The smallest absolute Gasteiger partial charge is 0.243 e. The molecule has 4 rings (SSSR count). The zero-order valence-electron chi connectivity index (χ0n) is 17.0. The second kappa shape index (κ2) is 10.3. The predicted molar refractivity (Wildman–Crippen MR) is 120 cm³/mol. The molecule has 168 valence electrons. The highest BCUT2D eigenvalue weighted by Gasteiger charge is 2.30. The van der Waals surface area contributed by atoms with Crippen molar-refractivity contribution in [1.82, 2.24) is 19.4 Å². The summed E-state index contributed by atoms with van der Waals surface area (Å²) in [7, 11) is -3.52. The summed E-state index contributed by atoms with van der Waals surface area (Å²) >= 11 is 2.78. The molecule has 2 saturated heterocycles. The number of benzene rings is 1. The number of nitrogens with zero attached hydrogens (tertiary/aromatic N) is 4. The Morgan fingerprint density at radius 1 is 1.19 bits per heavy atom. The maximum atomic E-state index is 12.7. The number of sulfonamides is 1. The van der Waals surface area contributed by atoms with Crippen molar-refractivity contribution in [2.75, 3.05) is 50.4 Å². The number of aromatic nitrogens is 2. The minimum absolute atomic E-state index is 0.0224. The van der Waals surface area contributed by atoms with Crippen molar-refractivity contribution in [2.24, 2.45) is 0 Å². The Labute approximate surface area is 190 Å². The number of hydrogen-bond acceptors (Lipinski definition) is 9. The monoisotopic (exact) mass is 483 g/mol. The van der Waals surface area contributed by atoms with Crippen LogP contribution in [0.1, 0.15) is 12.8 Å². The molecule has 0 saturated carbocycles. The van der Waals surface area contributed by atoms with Gasteiger partial charge in [-0.15, -0.1) is 10.2 Å². The number of carbonyl (C=O) groups is 1. The third kappa shape index (κ3) is 5.75. The fourth-order valence-corrected chi connectivity index (χ4v) is 6.58. The van der Waals surface area contributed by atoms with Gasteiger partial charge in [0.1, 0.15) is 0 Å². The molecule has 0 aliphatic carbocycles. The summed E-state index contributed by atoms with van der Waals surface area (Å²) in [6, 6.07) is 8.39. The molecule has 1 aromatic carbocycles. The number of piperazine rings is 1. The lowest BCUT2D eigenvalue weighted by molar-refractivity contribution is -0.129. The van der Waals surface area contributed by atoms with Crippen molar-refractivity contribution in [1.29, 1.82) is 0 Å². The van der Waals surface area contributed by atoms with E-state index < -0.39 is 10.0 Å². The van der Waals surface area contributed by atoms with E-state index in [1.165, 1.54) is 27.4 Å². The minimum atomic E-state index is -3.52. The summed E-state index contributed by atoms with van der Waals surface area (Å²) in [6.07, 6.45) is 2.38. The van der Waals surface area contributed by atoms with E-state index in [0.717, 1.165) is 28.9 Å². The van der Waals surface area contributed by atoms with E-state index in [4.69, 9.17) is 4.74 Å². The average molecular weight is 484 g/mol. The molecule has 2 fully saturated rings. The summed E-state index contributed by atoms with van der Waals surface area (Å²) in [5, 5.41) is 12.2. The van der Waals surface area contributed by atoms with Crippen LogP contribution in [0.15, 0.2) is 39.6 Å². The highest BCUT2D eigenvalue weighted by atomic mass is 32.2. The molecular weight excluding hydrogens is 458 g/mol. The van der Waals surface area contributed by atoms with Gasteiger partial charge in [0.15, 0.2) is 4.34 Å². The summed E-state index contributed by atoms with van der Waals surface area (Å²) < 4.78 is 33.2. The molecular formula is C19H25N5O4S3. The Morgan fingerprint density at radius 3 is 2.68 bits per heavy atom. The number of amides is 1. The lowest BCUT2D eigenvalue weighted by Crippen LogP contribution is -2.50. The van der Waals surface area contributed by atoms with Crippen LogP contribution in [-0.2, 0) is 19.6 Å². The SMILES string of the molecule is O=C(CSc1nnc(NC[C@@H]2CCCO2)s1)N1CCN(S(=O)(=O)c2ccccc2)CC1. The van der Waals surface area contributed by atoms with Gasteiger partial charge in [-0.3, -0.25) is 4.79 Å². The standard InChI is InChI=1S/C19H25N5O4S3/c25-17(14-29-19-22-21-18(30-19)20-13-15-5-4-12-28-15)23-8-10-24(11-9-23)31(26,27)16-6-2-1-3-7-16/h1-3,6-7,15H,4-5,8-14H2,(H,20,21)/t15-/m0/s1. The van der Waals surface area contributed by atoms with Crippen LogP contribution in [0.25, 0.3) is 0 Å². The highest BCUT2D eigenvalue weighted by Crippen LogP contribution is 2.26. The third-order valence-corrected chi connectivity index (χ3v) is 9.11. The van der Waals surface area contributed by atoms with Gasteiger partial charge >= 0.3 is 0 Å². The molecule has 9 nitrogen and oxygen atoms in total. The maximum absolute atomic E-state index is 12.7. The van der Waals surface area contributed by atoms with E-state index >= 15 is 0 Å². The molecule has 0 unspecified atom stereocenters. The van der Waals surface area contributed by atoms with Gasteiger partial charge in [-0.1, -0.05) is 41.3 Å². The van der Waals surface area contributed by atoms with Crippen LogP contribution in [-0.4, -0.2) is 84.9 Å². The first-order valence-corrected chi connectivity index (χ1v) is 13.4. The molecule has 2 aliphatic heterocycles. The van der Waals surface area contributed by atoms with Gasteiger partial charge in [0, 0.05) is 39.3 Å². The van der Waals surface area contributed by atoms with Crippen LogP contribution in [0.5, 0.6) is 0 Å². The van der Waals surface area contributed by atoms with Crippen molar-refractivity contribution < 1.29 is 17.9 Å². The van der Waals surface area contributed by atoms with E-state index in [1.807, 2.05) is 0 Å². The zero-order valence-corrected chi connectivity index (χ0v) is 19.4. The minimum Gasteiger partial charge on any atom is -0.376 e. The number of anilines is 1. The van der Waals surface area contributed by atoms with Gasteiger partial charge in [-0.05, 0) is 25.0 Å². The molecule has 0 spiro atoms. The molecule has 1 atom stereocenters. The van der Waals surface area contributed by atoms with E-state index in [9.17, 15) is 13.2 Å². The number of ether oxygens (including phenoxy) is 1. The summed E-state index contributed by atoms with van der Waals surface area (Å²) in [6.45, 7) is 2.89. The first-order valence-electron chi connectivity index (χ1n) is 10.2. The summed E-state index contributed by atoms with van der Waals surface area (Å²) in [4.78, 5) is 14.6. The van der Waals surface area contributed by atoms with E-state index in [1.54, 1.807) is 35.2 Å². The largest absolute Gasteiger partial charge is 0.376 e. The van der Waals surface area contributed by atoms with Gasteiger partial charge in [0.05, 0.1) is 16.8 Å². The molecule has 1 amide bonds. The summed E-state index contributed by atoms with van der Waals surface area (Å²) in [5.74, 6) is 0.233. The molecule has 0 radical (unpaired) electrons. The quantitative estimate of drug-likeness (QED) is 0.567. The van der Waals surface area contributed by atoms with Gasteiger partial charge in [0.25, 0.3) is 0 Å². The topological polar surface area (TPSA) is 105 Å². The van der Waals surface area contributed by atoms with Crippen LogP contribution in [0.3, 0.4) is 0 Å². The second-order valence-electron chi connectivity index (χ2n) is 7.28. The van der Waals surface area contributed by atoms with Crippen LogP contribution in [0, 0.1) is 0 Å². The lowest BCUT2D eigenvalue weighted by Gasteiger charge is -2.34. The van der Waals surface area contributed by atoms with Crippen molar-refractivity contribution in [2.45, 2.75) is 28.2 Å². The van der Waals surface area contributed by atoms with Crippen molar-refractivity contribution in [3.8, 4) is 0 Å². The molecule has 1 N–H and O–H groups in total. The van der Waals surface area contributed by atoms with Gasteiger partial charge in [-0.25, -0.2) is 8.42 Å². The fraction of sp³-hybridized carbons (Fsp3) is 0.526. The molecule has 2 aliphatic rings. The van der Waals surface area contributed by atoms with Crippen molar-refractivity contribution in [3.63, 3.8) is 0 Å². The number of hydrogen-bond donors (Lipinski definition) is 1. The Hall–Kier alpha value is -1.73. The second-order valence-corrected chi connectivity index (χ2v) is 11.4. The van der Waals surface area contributed by atoms with Gasteiger partial charge < -0.3 is 15.0 Å².